The Kier molecular flexibility index (Phi) is 4.32. The maximum atomic E-state index is 9.32. The fraction of sp³-hybridized carbons (Fsp3) is 0.294. The van der Waals surface area contributed by atoms with Crippen LogP contribution in [0.5, 0.6) is 5.75 Å². The molecular weight excluding hydrogens is 284 g/mol. The number of para-hydroxylation sites is 1. The molecule has 0 saturated carbocycles. The Morgan fingerprint density at radius 2 is 1.57 bits per heavy atom. The number of benzene rings is 2. The summed E-state index contributed by atoms with van der Waals surface area (Å²) in [4.78, 5) is 4.77. The molecule has 21 heavy (non-hydrogen) atoms. The van der Waals surface area contributed by atoms with Crippen molar-refractivity contribution >= 4 is 17.3 Å². The smallest absolute Gasteiger partial charge is 0.115 e. The molecule has 3 rings (SSSR count). The molecule has 1 N–H and O–H groups in total. The summed E-state index contributed by atoms with van der Waals surface area (Å²) in [6.45, 7) is 4.94. The van der Waals surface area contributed by atoms with E-state index in [1.54, 1.807) is 12.1 Å². The van der Waals surface area contributed by atoms with E-state index in [4.69, 9.17) is 11.6 Å². The summed E-state index contributed by atoms with van der Waals surface area (Å²) in [5, 5.41) is 10.1. The van der Waals surface area contributed by atoms with Gasteiger partial charge in [-0.15, -0.1) is 0 Å². The summed E-state index contributed by atoms with van der Waals surface area (Å²) in [5.74, 6) is 0.322. The summed E-state index contributed by atoms with van der Waals surface area (Å²) in [5.41, 5.74) is 2.36. The van der Waals surface area contributed by atoms with Gasteiger partial charge in [0.25, 0.3) is 0 Å². The molecule has 1 fully saturated rings. The maximum absolute atomic E-state index is 9.32. The van der Waals surface area contributed by atoms with Gasteiger partial charge in [0, 0.05) is 32.7 Å². The van der Waals surface area contributed by atoms with E-state index in [1.807, 2.05) is 30.3 Å². The third-order valence-corrected chi connectivity index (χ3v) is 4.23. The second-order valence-corrected chi connectivity index (χ2v) is 5.79. The van der Waals surface area contributed by atoms with Crippen LogP contribution >= 0.6 is 11.6 Å². The number of halogens is 1. The topological polar surface area (TPSA) is 26.7 Å². The maximum Gasteiger partial charge on any atom is 0.115 e. The van der Waals surface area contributed by atoms with Crippen molar-refractivity contribution in [1.29, 1.82) is 0 Å². The molecule has 0 radical (unpaired) electrons. The van der Waals surface area contributed by atoms with Gasteiger partial charge in [-0.2, -0.15) is 0 Å². The number of aromatic hydroxyl groups is 1. The first-order chi connectivity index (χ1) is 10.2. The Bertz CT molecular complexity index is 592. The van der Waals surface area contributed by atoms with Gasteiger partial charge < -0.3 is 10.0 Å². The molecule has 0 amide bonds. The van der Waals surface area contributed by atoms with Crippen LogP contribution in [0.25, 0.3) is 0 Å². The number of hydrogen-bond acceptors (Lipinski definition) is 3. The second kappa shape index (κ2) is 6.37. The molecule has 0 atom stereocenters. The summed E-state index contributed by atoms with van der Waals surface area (Å²) in [6, 6.07) is 15.5. The van der Waals surface area contributed by atoms with Crippen molar-refractivity contribution in [2.45, 2.75) is 6.54 Å². The fourth-order valence-corrected chi connectivity index (χ4v) is 2.97. The predicted molar refractivity (Wildman–Crippen MR) is 87.0 cm³/mol. The SMILES string of the molecule is Oc1ccc(CN2CCN(c3ccccc3Cl)CC2)cc1. The monoisotopic (exact) mass is 302 g/mol. The average molecular weight is 303 g/mol. The highest BCUT2D eigenvalue weighted by Crippen LogP contribution is 2.26. The highest BCUT2D eigenvalue weighted by atomic mass is 35.5. The zero-order chi connectivity index (χ0) is 14.7. The molecule has 4 heteroatoms. The van der Waals surface area contributed by atoms with Crippen LogP contribution in [0.2, 0.25) is 5.02 Å². The number of hydrogen-bond donors (Lipinski definition) is 1. The highest BCUT2D eigenvalue weighted by molar-refractivity contribution is 6.33. The van der Waals surface area contributed by atoms with Gasteiger partial charge in [0.2, 0.25) is 0 Å². The van der Waals surface area contributed by atoms with Crippen LogP contribution in [-0.2, 0) is 6.54 Å². The van der Waals surface area contributed by atoms with Gasteiger partial charge in [-0.25, -0.2) is 0 Å². The number of rotatable bonds is 3. The third kappa shape index (κ3) is 3.49. The first-order valence-corrected chi connectivity index (χ1v) is 7.60. The molecule has 0 aliphatic carbocycles. The number of phenolic OH excluding ortho intramolecular Hbond substituents is 1. The van der Waals surface area contributed by atoms with E-state index >= 15 is 0 Å². The van der Waals surface area contributed by atoms with Crippen molar-refractivity contribution in [3.05, 3.63) is 59.1 Å². The van der Waals surface area contributed by atoms with Crippen molar-refractivity contribution in [2.24, 2.45) is 0 Å². The summed E-state index contributed by atoms with van der Waals surface area (Å²) >= 11 is 6.26. The Hall–Kier alpha value is -1.71. The van der Waals surface area contributed by atoms with E-state index in [0.717, 1.165) is 43.4 Å². The molecule has 1 heterocycles. The van der Waals surface area contributed by atoms with E-state index < -0.39 is 0 Å². The van der Waals surface area contributed by atoms with Crippen LogP contribution in [0.15, 0.2) is 48.5 Å². The van der Waals surface area contributed by atoms with E-state index in [0.29, 0.717) is 5.75 Å². The van der Waals surface area contributed by atoms with Crippen molar-refractivity contribution in [2.75, 3.05) is 31.1 Å². The number of phenols is 1. The van der Waals surface area contributed by atoms with Crippen LogP contribution in [0, 0.1) is 0 Å². The minimum absolute atomic E-state index is 0.322. The quantitative estimate of drug-likeness (QED) is 0.942. The first kappa shape index (κ1) is 14.2. The van der Waals surface area contributed by atoms with Gasteiger partial charge in [-0.1, -0.05) is 35.9 Å². The molecule has 1 aliphatic rings. The van der Waals surface area contributed by atoms with Crippen molar-refractivity contribution in [3.63, 3.8) is 0 Å². The standard InChI is InChI=1S/C17H19ClN2O/c18-16-3-1-2-4-17(16)20-11-9-19(10-12-20)13-14-5-7-15(21)8-6-14/h1-8,21H,9-13H2. The van der Waals surface area contributed by atoms with Crippen LogP contribution in [0.1, 0.15) is 5.56 Å². The zero-order valence-electron chi connectivity index (χ0n) is 11.9. The van der Waals surface area contributed by atoms with Crippen molar-refractivity contribution in [3.8, 4) is 5.75 Å². The largest absolute Gasteiger partial charge is 0.508 e. The molecule has 2 aromatic carbocycles. The first-order valence-electron chi connectivity index (χ1n) is 7.22. The lowest BCUT2D eigenvalue weighted by Gasteiger charge is -2.36. The van der Waals surface area contributed by atoms with Gasteiger partial charge in [0.15, 0.2) is 0 Å². The summed E-state index contributed by atoms with van der Waals surface area (Å²) < 4.78 is 0. The van der Waals surface area contributed by atoms with Gasteiger partial charge >= 0.3 is 0 Å². The molecule has 2 aromatic rings. The summed E-state index contributed by atoms with van der Waals surface area (Å²) in [7, 11) is 0. The molecular formula is C17H19ClN2O. The lowest BCUT2D eigenvalue weighted by atomic mass is 10.2. The normalized spacial score (nSPS) is 16.1. The third-order valence-electron chi connectivity index (χ3n) is 3.91. The van der Waals surface area contributed by atoms with Crippen LogP contribution in [0.4, 0.5) is 5.69 Å². The van der Waals surface area contributed by atoms with Gasteiger partial charge in [0.1, 0.15) is 5.75 Å². The lowest BCUT2D eigenvalue weighted by molar-refractivity contribution is 0.250. The van der Waals surface area contributed by atoms with Gasteiger partial charge in [0.05, 0.1) is 10.7 Å². The van der Waals surface area contributed by atoms with Gasteiger partial charge in [-0.3, -0.25) is 4.90 Å². The molecule has 1 saturated heterocycles. The molecule has 3 nitrogen and oxygen atoms in total. The minimum atomic E-state index is 0.322. The zero-order valence-corrected chi connectivity index (χ0v) is 12.6. The van der Waals surface area contributed by atoms with Gasteiger partial charge in [-0.05, 0) is 29.8 Å². The Balaban J connectivity index is 1.58. The lowest BCUT2D eigenvalue weighted by Crippen LogP contribution is -2.46. The highest BCUT2D eigenvalue weighted by Gasteiger charge is 2.18. The summed E-state index contributed by atoms with van der Waals surface area (Å²) in [6.07, 6.45) is 0. The van der Waals surface area contributed by atoms with Crippen LogP contribution < -0.4 is 4.90 Å². The average Bonchev–Trinajstić information content (AvgIpc) is 2.51. The minimum Gasteiger partial charge on any atom is -0.508 e. The number of piperazine rings is 1. The van der Waals surface area contributed by atoms with Crippen LogP contribution in [-0.4, -0.2) is 36.2 Å². The second-order valence-electron chi connectivity index (χ2n) is 5.38. The number of anilines is 1. The van der Waals surface area contributed by atoms with Crippen LogP contribution in [0.3, 0.4) is 0 Å². The molecule has 110 valence electrons. The van der Waals surface area contributed by atoms with E-state index in [2.05, 4.69) is 15.9 Å². The van der Waals surface area contributed by atoms with E-state index in [-0.39, 0.29) is 0 Å². The molecule has 0 spiro atoms. The Morgan fingerprint density at radius 3 is 2.24 bits per heavy atom. The molecule has 0 bridgehead atoms. The molecule has 0 unspecified atom stereocenters. The Labute approximate surface area is 130 Å². The molecule has 0 aromatic heterocycles. The number of nitrogens with zero attached hydrogens (tertiary/aromatic N) is 2. The van der Waals surface area contributed by atoms with Crippen molar-refractivity contribution < 1.29 is 5.11 Å². The molecule has 1 aliphatic heterocycles. The fourth-order valence-electron chi connectivity index (χ4n) is 2.71. The predicted octanol–water partition coefficient (Wildman–Crippen LogP) is 3.37. The van der Waals surface area contributed by atoms with E-state index in [9.17, 15) is 5.11 Å². The van der Waals surface area contributed by atoms with Crippen molar-refractivity contribution in [1.82, 2.24) is 4.90 Å². The van der Waals surface area contributed by atoms with E-state index in [1.165, 1.54) is 5.56 Å². The Morgan fingerprint density at radius 1 is 0.905 bits per heavy atom.